The molecule has 0 fully saturated rings. The van der Waals surface area contributed by atoms with Crippen molar-refractivity contribution < 1.29 is 13.6 Å². The van der Waals surface area contributed by atoms with E-state index in [1.807, 2.05) is 37.3 Å². The van der Waals surface area contributed by atoms with Gasteiger partial charge in [-0.15, -0.1) is 0 Å². The van der Waals surface area contributed by atoms with E-state index in [9.17, 15) is 13.6 Å². The number of rotatable bonds is 6. The second kappa shape index (κ2) is 8.48. The molecule has 3 rings (SSSR count). The van der Waals surface area contributed by atoms with Crippen molar-refractivity contribution in [3.8, 4) is 0 Å². The summed E-state index contributed by atoms with van der Waals surface area (Å²) in [6.07, 6.45) is 1.47. The van der Waals surface area contributed by atoms with Gasteiger partial charge in [-0.05, 0) is 50.1 Å². The van der Waals surface area contributed by atoms with Crippen LogP contribution in [0.5, 0.6) is 0 Å². The first-order chi connectivity index (χ1) is 13.5. The molecular weight excluding hydrogens is 362 g/mol. The van der Waals surface area contributed by atoms with E-state index in [1.54, 1.807) is 0 Å². The van der Waals surface area contributed by atoms with Crippen LogP contribution in [0.2, 0.25) is 0 Å². The smallest absolute Gasteiger partial charge is 0.337 e. The second-order valence-corrected chi connectivity index (χ2v) is 6.78. The Hall–Kier alpha value is -2.80. The lowest BCUT2D eigenvalue weighted by atomic mass is 9.80. The molecule has 2 amide bonds. The lowest BCUT2D eigenvalue weighted by Gasteiger charge is -2.37. The van der Waals surface area contributed by atoms with Gasteiger partial charge < -0.3 is 11.1 Å². The molecule has 3 N–H and O–H groups in total. The number of carbonyl (C=O) groups is 1. The molecule has 1 aliphatic rings. The van der Waals surface area contributed by atoms with Crippen LogP contribution in [-0.4, -0.2) is 29.8 Å². The molecule has 0 saturated carbocycles. The number of urea groups is 1. The Balaban J connectivity index is 2.12. The normalized spacial score (nSPS) is 18.9. The van der Waals surface area contributed by atoms with Gasteiger partial charge >= 0.3 is 6.03 Å². The summed E-state index contributed by atoms with van der Waals surface area (Å²) in [4.78, 5) is 12.8. The van der Waals surface area contributed by atoms with Crippen LogP contribution < -0.4 is 11.1 Å². The molecule has 0 spiro atoms. The Bertz CT molecular complexity index is 872. The van der Waals surface area contributed by atoms with Crippen LogP contribution in [0, 0.1) is 11.6 Å². The molecule has 0 bridgehead atoms. The molecule has 0 aliphatic carbocycles. The first kappa shape index (κ1) is 19.9. The van der Waals surface area contributed by atoms with Gasteiger partial charge in [0.15, 0.2) is 0 Å². The number of hydrazone groups is 1. The molecule has 2 aromatic carbocycles. The van der Waals surface area contributed by atoms with Crippen molar-refractivity contribution in [2.24, 2.45) is 10.8 Å². The van der Waals surface area contributed by atoms with Gasteiger partial charge in [-0.25, -0.2) is 18.6 Å². The number of nitrogens with two attached hydrogens (primary N) is 1. The minimum absolute atomic E-state index is 0.0693. The average molecular weight is 386 g/mol. The minimum Gasteiger partial charge on any atom is -0.337 e. The summed E-state index contributed by atoms with van der Waals surface area (Å²) in [5, 5.41) is 8.60. The number of nitrogens with one attached hydrogen (secondary N) is 1. The van der Waals surface area contributed by atoms with E-state index in [2.05, 4.69) is 10.4 Å². The summed E-state index contributed by atoms with van der Waals surface area (Å²) in [5.74, 6) is -1.12. The van der Waals surface area contributed by atoms with Gasteiger partial charge in [-0.2, -0.15) is 5.10 Å². The monoisotopic (exact) mass is 386 g/mol. The molecule has 0 saturated heterocycles. The molecular formula is C21H24F2N4O. The number of nitrogens with zero attached hydrogens (tertiary/aromatic N) is 2. The summed E-state index contributed by atoms with van der Waals surface area (Å²) < 4.78 is 28.2. The largest absolute Gasteiger partial charge is 0.338 e. The van der Waals surface area contributed by atoms with E-state index in [0.717, 1.165) is 23.8 Å². The Morgan fingerprint density at radius 1 is 1.25 bits per heavy atom. The SMILES string of the molecule is CCNC(=O)N1N=C(c2cc(F)ccc2F)CC1(CCCN)c1ccccc1. The van der Waals surface area contributed by atoms with E-state index < -0.39 is 17.2 Å². The van der Waals surface area contributed by atoms with Crippen molar-refractivity contribution >= 4 is 11.7 Å². The van der Waals surface area contributed by atoms with Crippen LogP contribution >= 0.6 is 0 Å². The molecule has 148 valence electrons. The van der Waals surface area contributed by atoms with Gasteiger partial charge in [0.05, 0.1) is 11.3 Å². The van der Waals surface area contributed by atoms with Crippen LogP contribution in [0.1, 0.15) is 37.3 Å². The van der Waals surface area contributed by atoms with E-state index in [1.165, 1.54) is 5.01 Å². The number of hydrogen-bond donors (Lipinski definition) is 2. The Morgan fingerprint density at radius 3 is 2.68 bits per heavy atom. The molecule has 1 aliphatic heterocycles. The molecule has 0 aromatic heterocycles. The third kappa shape index (κ3) is 3.75. The maximum Gasteiger partial charge on any atom is 0.338 e. The van der Waals surface area contributed by atoms with Crippen LogP contribution in [0.4, 0.5) is 13.6 Å². The first-order valence-corrected chi connectivity index (χ1v) is 9.38. The summed E-state index contributed by atoms with van der Waals surface area (Å²) in [7, 11) is 0. The Morgan fingerprint density at radius 2 is 2.00 bits per heavy atom. The molecule has 1 heterocycles. The highest BCUT2D eigenvalue weighted by molar-refractivity contribution is 6.04. The van der Waals surface area contributed by atoms with Crippen LogP contribution in [-0.2, 0) is 5.54 Å². The van der Waals surface area contributed by atoms with E-state index in [0.29, 0.717) is 31.6 Å². The molecule has 1 atom stereocenters. The molecule has 0 radical (unpaired) electrons. The van der Waals surface area contributed by atoms with Gasteiger partial charge in [0.2, 0.25) is 0 Å². The van der Waals surface area contributed by atoms with Gasteiger partial charge in [-0.1, -0.05) is 30.3 Å². The van der Waals surface area contributed by atoms with Gasteiger partial charge in [0, 0.05) is 18.5 Å². The highest BCUT2D eigenvalue weighted by Crippen LogP contribution is 2.43. The maximum atomic E-state index is 14.4. The van der Waals surface area contributed by atoms with E-state index >= 15 is 0 Å². The predicted octanol–water partition coefficient (Wildman–Crippen LogP) is 3.74. The number of carbonyl (C=O) groups excluding carboxylic acids is 1. The second-order valence-electron chi connectivity index (χ2n) is 6.78. The topological polar surface area (TPSA) is 70.7 Å². The number of hydrogen-bond acceptors (Lipinski definition) is 3. The molecule has 28 heavy (non-hydrogen) atoms. The third-order valence-electron chi connectivity index (χ3n) is 4.95. The molecule has 5 nitrogen and oxygen atoms in total. The van der Waals surface area contributed by atoms with Crippen LogP contribution in [0.25, 0.3) is 0 Å². The third-order valence-corrected chi connectivity index (χ3v) is 4.95. The predicted molar refractivity (Wildman–Crippen MR) is 105 cm³/mol. The molecule has 1 unspecified atom stereocenters. The number of amides is 2. The summed E-state index contributed by atoms with van der Waals surface area (Å²) in [6, 6.07) is 12.4. The zero-order valence-electron chi connectivity index (χ0n) is 15.8. The minimum atomic E-state index is -0.812. The summed E-state index contributed by atoms with van der Waals surface area (Å²) in [6.45, 7) is 2.69. The standard InChI is InChI=1S/C21H24F2N4O/c1-2-25-20(28)27-21(11-6-12-24,15-7-4-3-5-8-15)14-19(26-27)17-13-16(22)9-10-18(17)23/h3-5,7-10,13H,2,6,11-12,14,24H2,1H3,(H,25,28). The van der Waals surface area contributed by atoms with Crippen molar-refractivity contribution in [1.82, 2.24) is 10.3 Å². The highest BCUT2D eigenvalue weighted by atomic mass is 19.1. The molecule has 2 aromatic rings. The number of halogens is 2. The Kier molecular flexibility index (Phi) is 6.04. The Labute approximate surface area is 163 Å². The quantitative estimate of drug-likeness (QED) is 0.794. The molecule has 7 heteroatoms. The fourth-order valence-corrected chi connectivity index (χ4v) is 3.64. The fraction of sp³-hybridized carbons (Fsp3) is 0.333. The summed E-state index contributed by atoms with van der Waals surface area (Å²) in [5.41, 5.74) is 6.22. The lowest BCUT2D eigenvalue weighted by Crippen LogP contribution is -2.48. The maximum absolute atomic E-state index is 14.4. The highest BCUT2D eigenvalue weighted by Gasteiger charge is 2.47. The average Bonchev–Trinajstić information content (AvgIpc) is 3.10. The lowest BCUT2D eigenvalue weighted by molar-refractivity contribution is 0.123. The van der Waals surface area contributed by atoms with Crippen molar-refractivity contribution in [3.05, 3.63) is 71.3 Å². The van der Waals surface area contributed by atoms with Gasteiger partial charge in [0.1, 0.15) is 11.6 Å². The van der Waals surface area contributed by atoms with Crippen molar-refractivity contribution in [1.29, 1.82) is 0 Å². The van der Waals surface area contributed by atoms with Crippen LogP contribution in [0.15, 0.2) is 53.6 Å². The van der Waals surface area contributed by atoms with Gasteiger partial charge in [-0.3, -0.25) is 0 Å². The zero-order valence-corrected chi connectivity index (χ0v) is 15.8. The zero-order chi connectivity index (χ0) is 20.1. The van der Waals surface area contributed by atoms with Crippen LogP contribution in [0.3, 0.4) is 0 Å². The summed E-state index contributed by atoms with van der Waals surface area (Å²) >= 11 is 0. The van der Waals surface area contributed by atoms with Crippen molar-refractivity contribution in [3.63, 3.8) is 0 Å². The van der Waals surface area contributed by atoms with Crippen molar-refractivity contribution in [2.75, 3.05) is 13.1 Å². The number of benzene rings is 2. The van der Waals surface area contributed by atoms with E-state index in [4.69, 9.17) is 5.73 Å². The van der Waals surface area contributed by atoms with Gasteiger partial charge in [0.25, 0.3) is 0 Å². The van der Waals surface area contributed by atoms with E-state index in [-0.39, 0.29) is 18.0 Å². The fourth-order valence-electron chi connectivity index (χ4n) is 3.64. The van der Waals surface area contributed by atoms with Crippen molar-refractivity contribution in [2.45, 2.75) is 31.7 Å². The first-order valence-electron chi connectivity index (χ1n) is 9.38.